The highest BCUT2D eigenvalue weighted by molar-refractivity contribution is 5.91. The number of quaternary nitrogens is 1. The summed E-state index contributed by atoms with van der Waals surface area (Å²) in [5, 5.41) is 2.87. The first-order valence-electron chi connectivity index (χ1n) is 10.1. The van der Waals surface area contributed by atoms with Crippen molar-refractivity contribution < 1.29 is 19.2 Å². The minimum atomic E-state index is -0.0976. The van der Waals surface area contributed by atoms with Gasteiger partial charge in [0.05, 0.1) is 14.2 Å². The zero-order valence-electron chi connectivity index (χ0n) is 16.5. The topological polar surface area (TPSA) is 63.1 Å². The van der Waals surface area contributed by atoms with Crippen molar-refractivity contribution in [1.29, 1.82) is 0 Å². The molecule has 1 aromatic rings. The van der Waals surface area contributed by atoms with Crippen LogP contribution in [0.5, 0.6) is 5.75 Å². The van der Waals surface area contributed by atoms with Gasteiger partial charge in [-0.2, -0.15) is 0 Å². The number of anilines is 1. The fraction of sp³-hybridized carbons (Fsp3) is 0.619. The van der Waals surface area contributed by atoms with Crippen molar-refractivity contribution in [2.45, 2.75) is 32.1 Å². The third-order valence-electron chi connectivity index (χ3n) is 5.91. The number of likely N-dealkylation sites (tertiary alicyclic amines) is 1. The van der Waals surface area contributed by atoms with Gasteiger partial charge in [-0.25, -0.2) is 0 Å². The number of carbonyl (C=O) groups is 2. The number of piperidine rings is 1. The molecule has 6 nitrogen and oxygen atoms in total. The summed E-state index contributed by atoms with van der Waals surface area (Å²) in [7, 11) is 3.50. The normalized spacial score (nSPS) is 23.3. The second-order valence-electron chi connectivity index (χ2n) is 8.02. The van der Waals surface area contributed by atoms with Crippen molar-refractivity contribution >= 4 is 17.5 Å². The molecule has 0 spiro atoms. The highest BCUT2D eigenvalue weighted by Crippen LogP contribution is 2.35. The Bertz CT molecular complexity index is 664. The van der Waals surface area contributed by atoms with Crippen molar-refractivity contribution in [3.05, 3.63) is 24.3 Å². The molecule has 27 heavy (non-hydrogen) atoms. The van der Waals surface area contributed by atoms with E-state index in [2.05, 4.69) is 5.32 Å². The van der Waals surface area contributed by atoms with Gasteiger partial charge in [-0.15, -0.1) is 0 Å². The van der Waals surface area contributed by atoms with Crippen LogP contribution in [0.4, 0.5) is 5.69 Å². The molecule has 2 N–H and O–H groups in total. The second kappa shape index (κ2) is 9.22. The zero-order valence-corrected chi connectivity index (χ0v) is 16.5. The molecule has 0 radical (unpaired) electrons. The molecule has 1 heterocycles. The lowest BCUT2D eigenvalue weighted by Crippen LogP contribution is -3.11. The Morgan fingerprint density at radius 1 is 1.19 bits per heavy atom. The standard InChI is InChI=1S/C21H31N3O3/c1-23(14-20(25)22-18-8-5-9-19(12-18)27-2)15-21(26)24-11-10-16-6-3-4-7-17(16)13-24/h5,8-9,12,16-17H,3-4,6-7,10-11,13-15H2,1-2H3,(H,22,25)/p+1/t16-,17+/m0/s1. The van der Waals surface area contributed by atoms with E-state index in [1.807, 2.05) is 30.1 Å². The van der Waals surface area contributed by atoms with E-state index in [-0.39, 0.29) is 18.4 Å². The van der Waals surface area contributed by atoms with Gasteiger partial charge in [0, 0.05) is 24.8 Å². The molecule has 3 atom stereocenters. The molecule has 3 rings (SSSR count). The molecular formula is C21H32N3O3+. The number of hydrogen-bond acceptors (Lipinski definition) is 3. The third-order valence-corrected chi connectivity index (χ3v) is 5.91. The fourth-order valence-electron chi connectivity index (χ4n) is 4.44. The Morgan fingerprint density at radius 2 is 1.96 bits per heavy atom. The van der Waals surface area contributed by atoms with E-state index < -0.39 is 0 Å². The van der Waals surface area contributed by atoms with Crippen LogP contribution in [0.1, 0.15) is 32.1 Å². The quantitative estimate of drug-likeness (QED) is 0.786. The van der Waals surface area contributed by atoms with E-state index in [0.717, 1.165) is 30.3 Å². The monoisotopic (exact) mass is 374 g/mol. The number of methoxy groups -OCH3 is 1. The molecule has 1 unspecified atom stereocenters. The predicted octanol–water partition coefficient (Wildman–Crippen LogP) is 1.19. The smallest absolute Gasteiger partial charge is 0.279 e. The van der Waals surface area contributed by atoms with E-state index in [0.29, 0.717) is 23.9 Å². The molecule has 1 aliphatic carbocycles. The van der Waals surface area contributed by atoms with Gasteiger partial charge >= 0.3 is 0 Å². The second-order valence-corrected chi connectivity index (χ2v) is 8.02. The lowest BCUT2D eigenvalue weighted by Gasteiger charge is -2.41. The van der Waals surface area contributed by atoms with Crippen molar-refractivity contribution in [3.63, 3.8) is 0 Å². The first-order chi connectivity index (χ1) is 13.0. The molecule has 148 valence electrons. The van der Waals surface area contributed by atoms with Crippen LogP contribution in [0.2, 0.25) is 0 Å². The van der Waals surface area contributed by atoms with Gasteiger partial charge in [0.2, 0.25) is 0 Å². The molecule has 2 amide bonds. The summed E-state index contributed by atoms with van der Waals surface area (Å²) >= 11 is 0. The van der Waals surface area contributed by atoms with Crippen molar-refractivity contribution in [3.8, 4) is 5.75 Å². The number of benzene rings is 1. The first kappa shape index (κ1) is 19.7. The minimum Gasteiger partial charge on any atom is -0.497 e. The van der Waals surface area contributed by atoms with Crippen LogP contribution in [0.3, 0.4) is 0 Å². The Kier molecular flexibility index (Phi) is 6.72. The summed E-state index contributed by atoms with van der Waals surface area (Å²) in [5.41, 5.74) is 0.706. The maximum atomic E-state index is 12.7. The van der Waals surface area contributed by atoms with Crippen LogP contribution < -0.4 is 15.0 Å². The first-order valence-corrected chi connectivity index (χ1v) is 10.1. The number of likely N-dealkylation sites (N-methyl/N-ethyl adjacent to an activating group) is 1. The van der Waals surface area contributed by atoms with Gasteiger partial charge in [0.1, 0.15) is 5.75 Å². The van der Waals surface area contributed by atoms with Gasteiger partial charge in [-0.05, 0) is 36.8 Å². The van der Waals surface area contributed by atoms with E-state index in [1.54, 1.807) is 13.2 Å². The number of amides is 2. The highest BCUT2D eigenvalue weighted by atomic mass is 16.5. The van der Waals surface area contributed by atoms with Gasteiger partial charge < -0.3 is 19.9 Å². The molecule has 0 bridgehead atoms. The number of carbonyl (C=O) groups excluding carboxylic acids is 2. The minimum absolute atomic E-state index is 0.0976. The lowest BCUT2D eigenvalue weighted by molar-refractivity contribution is -0.862. The molecular weight excluding hydrogens is 342 g/mol. The Balaban J connectivity index is 1.44. The van der Waals surface area contributed by atoms with Crippen molar-refractivity contribution in [2.24, 2.45) is 11.8 Å². The summed E-state index contributed by atoms with van der Waals surface area (Å²) in [6, 6.07) is 7.28. The number of nitrogens with one attached hydrogen (secondary N) is 2. The summed E-state index contributed by atoms with van der Waals surface area (Å²) in [4.78, 5) is 27.9. The van der Waals surface area contributed by atoms with Crippen LogP contribution in [0.25, 0.3) is 0 Å². The summed E-state index contributed by atoms with van der Waals surface area (Å²) in [6.07, 6.45) is 6.40. The number of ether oxygens (including phenoxy) is 1. The Morgan fingerprint density at radius 3 is 2.74 bits per heavy atom. The summed E-state index contributed by atoms with van der Waals surface area (Å²) in [5.74, 6) is 2.29. The largest absolute Gasteiger partial charge is 0.497 e. The highest BCUT2D eigenvalue weighted by Gasteiger charge is 2.33. The van der Waals surface area contributed by atoms with Gasteiger partial charge in [-0.3, -0.25) is 9.59 Å². The van der Waals surface area contributed by atoms with Gasteiger partial charge in [0.15, 0.2) is 13.1 Å². The van der Waals surface area contributed by atoms with E-state index in [1.165, 1.54) is 25.7 Å². The van der Waals surface area contributed by atoms with Crippen LogP contribution in [0.15, 0.2) is 24.3 Å². The molecule has 1 saturated carbocycles. The van der Waals surface area contributed by atoms with Crippen molar-refractivity contribution in [2.75, 3.05) is 45.7 Å². The third kappa shape index (κ3) is 5.45. The van der Waals surface area contributed by atoms with Gasteiger partial charge in [0.25, 0.3) is 11.8 Å². The summed E-state index contributed by atoms with van der Waals surface area (Å²) in [6.45, 7) is 2.42. The van der Waals surface area contributed by atoms with E-state index in [9.17, 15) is 9.59 Å². The van der Waals surface area contributed by atoms with Gasteiger partial charge in [-0.1, -0.05) is 25.3 Å². The SMILES string of the molecule is COc1cccc(NC(=O)C[NH+](C)CC(=O)N2CC[C@@H]3CCCC[C@@H]3C2)c1. The Labute approximate surface area is 161 Å². The number of hydrogen-bond donors (Lipinski definition) is 2. The van der Waals surface area contributed by atoms with E-state index >= 15 is 0 Å². The van der Waals surface area contributed by atoms with Crippen molar-refractivity contribution in [1.82, 2.24) is 4.90 Å². The average molecular weight is 375 g/mol. The van der Waals surface area contributed by atoms with Crippen LogP contribution in [-0.4, -0.2) is 57.1 Å². The molecule has 6 heteroatoms. The number of nitrogens with zero attached hydrogens (tertiary/aromatic N) is 1. The van der Waals surface area contributed by atoms with Crippen LogP contribution >= 0.6 is 0 Å². The average Bonchev–Trinajstić information content (AvgIpc) is 2.67. The lowest BCUT2D eigenvalue weighted by atomic mass is 9.75. The molecule has 0 aromatic heterocycles. The Hall–Kier alpha value is -2.08. The molecule has 2 fully saturated rings. The molecule has 1 aromatic carbocycles. The summed E-state index contributed by atoms with van der Waals surface area (Å²) < 4.78 is 5.17. The van der Waals surface area contributed by atoms with Crippen LogP contribution in [-0.2, 0) is 9.59 Å². The molecule has 1 aliphatic heterocycles. The maximum Gasteiger partial charge on any atom is 0.279 e. The zero-order chi connectivity index (χ0) is 19.2. The fourth-order valence-corrected chi connectivity index (χ4v) is 4.44. The number of fused-ring (bicyclic) bond motifs is 1. The number of rotatable bonds is 6. The van der Waals surface area contributed by atoms with E-state index in [4.69, 9.17) is 4.74 Å². The maximum absolute atomic E-state index is 12.7. The predicted molar refractivity (Wildman–Crippen MR) is 105 cm³/mol. The van der Waals surface area contributed by atoms with Crippen LogP contribution in [0, 0.1) is 11.8 Å². The molecule has 2 aliphatic rings. The molecule has 1 saturated heterocycles.